The van der Waals surface area contributed by atoms with Gasteiger partial charge in [0.25, 0.3) is 0 Å². The highest BCUT2D eigenvalue weighted by Crippen LogP contribution is 2.16. The van der Waals surface area contributed by atoms with Crippen molar-refractivity contribution in [3.63, 3.8) is 0 Å². The lowest BCUT2D eigenvalue weighted by Crippen LogP contribution is -2.28. The van der Waals surface area contributed by atoms with Crippen molar-refractivity contribution in [2.75, 3.05) is 13.1 Å². The third-order valence-corrected chi connectivity index (χ3v) is 3.94. The summed E-state index contributed by atoms with van der Waals surface area (Å²) in [6, 6.07) is 17.2. The number of halogens is 1. The fourth-order valence-corrected chi connectivity index (χ4v) is 2.64. The Bertz CT molecular complexity index is 656. The van der Waals surface area contributed by atoms with Gasteiger partial charge < -0.3 is 0 Å². The Morgan fingerprint density at radius 1 is 0.955 bits per heavy atom. The summed E-state index contributed by atoms with van der Waals surface area (Å²) in [6.07, 6.45) is 7.73. The molecule has 2 heteroatoms. The molecular formula is C20H20FN. The van der Waals surface area contributed by atoms with Crippen molar-refractivity contribution in [2.45, 2.75) is 13.0 Å². The van der Waals surface area contributed by atoms with Crippen molar-refractivity contribution >= 4 is 6.08 Å². The molecule has 0 spiro atoms. The molecule has 0 aliphatic carbocycles. The van der Waals surface area contributed by atoms with Gasteiger partial charge in [0, 0.05) is 19.6 Å². The molecule has 0 amide bonds. The molecule has 0 N–H and O–H groups in total. The Kier molecular flexibility index (Phi) is 4.81. The molecule has 2 aromatic carbocycles. The Hall–Kier alpha value is -2.19. The highest BCUT2D eigenvalue weighted by atomic mass is 19.1. The van der Waals surface area contributed by atoms with Crippen LogP contribution in [0.4, 0.5) is 4.39 Å². The van der Waals surface area contributed by atoms with Gasteiger partial charge in [0.15, 0.2) is 0 Å². The minimum Gasteiger partial charge on any atom is -0.295 e. The van der Waals surface area contributed by atoms with E-state index in [1.165, 1.54) is 23.3 Å². The smallest absolute Gasteiger partial charge is 0.123 e. The van der Waals surface area contributed by atoms with Gasteiger partial charge in [-0.05, 0) is 35.3 Å². The van der Waals surface area contributed by atoms with Crippen LogP contribution in [0.15, 0.2) is 72.3 Å². The zero-order valence-corrected chi connectivity index (χ0v) is 12.6. The van der Waals surface area contributed by atoms with Crippen LogP contribution in [0, 0.1) is 5.82 Å². The lowest BCUT2D eigenvalue weighted by atomic mass is 10.1. The predicted molar refractivity (Wildman–Crippen MR) is 89.9 cm³/mol. The minimum absolute atomic E-state index is 0.171. The van der Waals surface area contributed by atoms with E-state index in [0.717, 1.165) is 31.6 Å². The molecule has 0 atom stereocenters. The van der Waals surface area contributed by atoms with Crippen molar-refractivity contribution in [3.8, 4) is 0 Å². The second-order valence-electron chi connectivity index (χ2n) is 5.63. The Labute approximate surface area is 131 Å². The number of benzene rings is 2. The lowest BCUT2D eigenvalue weighted by molar-refractivity contribution is 0.287. The van der Waals surface area contributed by atoms with Gasteiger partial charge in [-0.3, -0.25) is 4.90 Å². The normalized spacial score (nSPS) is 16.0. The van der Waals surface area contributed by atoms with Crippen LogP contribution in [-0.4, -0.2) is 18.0 Å². The van der Waals surface area contributed by atoms with Crippen LogP contribution in [0.1, 0.15) is 17.5 Å². The van der Waals surface area contributed by atoms with Crippen molar-refractivity contribution in [1.82, 2.24) is 4.90 Å². The summed E-state index contributed by atoms with van der Waals surface area (Å²) in [4.78, 5) is 2.38. The molecule has 1 aliphatic heterocycles. The van der Waals surface area contributed by atoms with E-state index in [9.17, 15) is 4.39 Å². The number of hydrogen-bond donors (Lipinski definition) is 0. The summed E-state index contributed by atoms with van der Waals surface area (Å²) in [5, 5.41) is 0. The molecule has 0 unspecified atom stereocenters. The molecule has 0 radical (unpaired) electrons. The largest absolute Gasteiger partial charge is 0.295 e. The maximum atomic E-state index is 12.9. The molecule has 1 heterocycles. The fraction of sp³-hybridized carbons (Fsp3) is 0.200. The lowest BCUT2D eigenvalue weighted by Gasteiger charge is -2.25. The molecule has 2 aromatic rings. The summed E-state index contributed by atoms with van der Waals surface area (Å²) >= 11 is 0. The van der Waals surface area contributed by atoms with Gasteiger partial charge in [0.1, 0.15) is 5.82 Å². The van der Waals surface area contributed by atoms with E-state index in [4.69, 9.17) is 0 Å². The summed E-state index contributed by atoms with van der Waals surface area (Å²) in [6.45, 7) is 2.88. The zero-order valence-electron chi connectivity index (χ0n) is 12.6. The van der Waals surface area contributed by atoms with Crippen molar-refractivity contribution in [1.29, 1.82) is 0 Å². The topological polar surface area (TPSA) is 3.24 Å². The third-order valence-electron chi connectivity index (χ3n) is 3.94. The van der Waals surface area contributed by atoms with E-state index >= 15 is 0 Å². The van der Waals surface area contributed by atoms with E-state index < -0.39 is 0 Å². The first-order chi connectivity index (χ1) is 10.8. The van der Waals surface area contributed by atoms with Crippen LogP contribution < -0.4 is 0 Å². The molecule has 0 saturated heterocycles. The van der Waals surface area contributed by atoms with Crippen LogP contribution >= 0.6 is 0 Å². The molecule has 1 nitrogen and oxygen atoms in total. The number of rotatable bonds is 4. The second-order valence-corrected chi connectivity index (χ2v) is 5.63. The fourth-order valence-electron chi connectivity index (χ4n) is 2.64. The standard InChI is InChI=1S/C20H20FN/c21-20-10-8-19(9-11-20)16-22-14-12-18(13-15-22)7-6-17-4-2-1-3-5-17/h1-12H,13-16H2/b7-6+. The van der Waals surface area contributed by atoms with Gasteiger partial charge in [-0.25, -0.2) is 4.39 Å². The second kappa shape index (κ2) is 7.19. The first kappa shape index (κ1) is 14.7. The maximum Gasteiger partial charge on any atom is 0.123 e. The highest BCUT2D eigenvalue weighted by molar-refractivity contribution is 5.52. The van der Waals surface area contributed by atoms with Crippen LogP contribution in [-0.2, 0) is 6.54 Å². The van der Waals surface area contributed by atoms with E-state index in [1.54, 1.807) is 0 Å². The quantitative estimate of drug-likeness (QED) is 0.791. The monoisotopic (exact) mass is 293 g/mol. The third kappa shape index (κ3) is 4.15. The van der Waals surface area contributed by atoms with Crippen molar-refractivity contribution in [3.05, 3.63) is 89.3 Å². The first-order valence-corrected chi connectivity index (χ1v) is 7.68. The van der Waals surface area contributed by atoms with Gasteiger partial charge >= 0.3 is 0 Å². The summed E-state index contributed by atoms with van der Waals surface area (Å²) < 4.78 is 12.9. The Morgan fingerprint density at radius 2 is 1.73 bits per heavy atom. The molecular weight excluding hydrogens is 273 g/mol. The van der Waals surface area contributed by atoms with Gasteiger partial charge in [0.05, 0.1) is 0 Å². The van der Waals surface area contributed by atoms with Crippen LogP contribution in [0.25, 0.3) is 6.08 Å². The van der Waals surface area contributed by atoms with E-state index in [2.05, 4.69) is 47.4 Å². The first-order valence-electron chi connectivity index (χ1n) is 7.68. The van der Waals surface area contributed by atoms with E-state index in [0.29, 0.717) is 0 Å². The predicted octanol–water partition coefficient (Wildman–Crippen LogP) is 4.67. The number of nitrogens with zero attached hydrogens (tertiary/aromatic N) is 1. The summed E-state index contributed by atoms with van der Waals surface area (Å²) in [7, 11) is 0. The van der Waals surface area contributed by atoms with Gasteiger partial charge in [-0.15, -0.1) is 0 Å². The average Bonchev–Trinajstić information content (AvgIpc) is 2.57. The molecule has 1 aliphatic rings. The summed E-state index contributed by atoms with van der Waals surface area (Å²) in [5.41, 5.74) is 3.79. The highest BCUT2D eigenvalue weighted by Gasteiger charge is 2.10. The SMILES string of the molecule is Fc1ccc(CN2CC=C(/C=C/c3ccccc3)CC2)cc1. The maximum absolute atomic E-state index is 12.9. The molecule has 0 aromatic heterocycles. The Morgan fingerprint density at radius 3 is 2.41 bits per heavy atom. The molecule has 0 fully saturated rings. The molecule has 0 bridgehead atoms. The molecule has 112 valence electrons. The van der Waals surface area contributed by atoms with Gasteiger partial charge in [0.2, 0.25) is 0 Å². The van der Waals surface area contributed by atoms with Crippen LogP contribution in [0.2, 0.25) is 0 Å². The molecule has 22 heavy (non-hydrogen) atoms. The number of allylic oxidation sites excluding steroid dienone is 1. The molecule has 3 rings (SSSR count). The van der Waals surface area contributed by atoms with Crippen LogP contribution in [0.5, 0.6) is 0 Å². The zero-order chi connectivity index (χ0) is 15.2. The van der Waals surface area contributed by atoms with Crippen molar-refractivity contribution < 1.29 is 4.39 Å². The van der Waals surface area contributed by atoms with Crippen LogP contribution in [0.3, 0.4) is 0 Å². The minimum atomic E-state index is -0.171. The average molecular weight is 293 g/mol. The van der Waals surface area contributed by atoms with Gasteiger partial charge in [-0.1, -0.05) is 60.7 Å². The van der Waals surface area contributed by atoms with Gasteiger partial charge in [-0.2, -0.15) is 0 Å². The van der Waals surface area contributed by atoms with E-state index in [-0.39, 0.29) is 5.82 Å². The summed E-state index contributed by atoms with van der Waals surface area (Å²) in [5.74, 6) is -0.171. The number of hydrogen-bond acceptors (Lipinski definition) is 1. The van der Waals surface area contributed by atoms with Crippen molar-refractivity contribution in [2.24, 2.45) is 0 Å². The molecule has 0 saturated carbocycles. The Balaban J connectivity index is 1.55. The van der Waals surface area contributed by atoms with E-state index in [1.807, 2.05) is 18.2 Å².